The Hall–Kier alpha value is -1.78. The van der Waals surface area contributed by atoms with Gasteiger partial charge in [0.25, 0.3) is 0 Å². The fourth-order valence-corrected chi connectivity index (χ4v) is 2.02. The SMILES string of the molecule is CCCn1cc(C)nc1NCc1c(C)noc1C. The molecule has 0 spiro atoms. The Bertz CT molecular complexity index is 508. The normalized spacial score (nSPS) is 10.9. The first-order chi connectivity index (χ1) is 8.61. The van der Waals surface area contributed by atoms with Gasteiger partial charge in [0.05, 0.1) is 11.4 Å². The third-order valence-corrected chi connectivity index (χ3v) is 2.97. The first-order valence-corrected chi connectivity index (χ1v) is 6.31. The van der Waals surface area contributed by atoms with Gasteiger partial charge in [0.2, 0.25) is 5.95 Å². The van der Waals surface area contributed by atoms with Gasteiger partial charge in [-0.05, 0) is 27.2 Å². The van der Waals surface area contributed by atoms with Crippen molar-refractivity contribution in [2.45, 2.75) is 47.2 Å². The lowest BCUT2D eigenvalue weighted by Crippen LogP contribution is -2.08. The Morgan fingerprint density at radius 2 is 2.11 bits per heavy atom. The van der Waals surface area contributed by atoms with Crippen LogP contribution in [0.25, 0.3) is 0 Å². The van der Waals surface area contributed by atoms with Crippen molar-refractivity contribution in [3.05, 3.63) is 28.9 Å². The van der Waals surface area contributed by atoms with Gasteiger partial charge in [-0.3, -0.25) is 0 Å². The predicted molar refractivity (Wildman–Crippen MR) is 70.6 cm³/mol. The van der Waals surface area contributed by atoms with Crippen LogP contribution in [-0.4, -0.2) is 14.7 Å². The summed E-state index contributed by atoms with van der Waals surface area (Å²) in [5.74, 6) is 1.78. The van der Waals surface area contributed by atoms with E-state index < -0.39 is 0 Å². The number of anilines is 1. The zero-order valence-electron chi connectivity index (χ0n) is 11.4. The van der Waals surface area contributed by atoms with Crippen molar-refractivity contribution in [3.63, 3.8) is 0 Å². The number of hydrogen-bond donors (Lipinski definition) is 1. The van der Waals surface area contributed by atoms with E-state index in [9.17, 15) is 0 Å². The van der Waals surface area contributed by atoms with Crippen LogP contribution in [0.2, 0.25) is 0 Å². The summed E-state index contributed by atoms with van der Waals surface area (Å²) in [5.41, 5.74) is 3.08. The van der Waals surface area contributed by atoms with Crippen LogP contribution in [0.1, 0.15) is 36.1 Å². The summed E-state index contributed by atoms with van der Waals surface area (Å²) in [7, 11) is 0. The zero-order chi connectivity index (χ0) is 13.1. The maximum atomic E-state index is 5.15. The summed E-state index contributed by atoms with van der Waals surface area (Å²) in [4.78, 5) is 4.49. The van der Waals surface area contributed by atoms with Gasteiger partial charge in [-0.1, -0.05) is 12.1 Å². The Balaban J connectivity index is 2.10. The van der Waals surface area contributed by atoms with Gasteiger partial charge < -0.3 is 14.4 Å². The van der Waals surface area contributed by atoms with Crippen LogP contribution in [0.3, 0.4) is 0 Å². The molecule has 0 atom stereocenters. The van der Waals surface area contributed by atoms with Crippen LogP contribution in [0.5, 0.6) is 0 Å². The third kappa shape index (κ3) is 2.55. The van der Waals surface area contributed by atoms with Gasteiger partial charge in [0.15, 0.2) is 0 Å². The summed E-state index contributed by atoms with van der Waals surface area (Å²) in [6, 6.07) is 0. The minimum absolute atomic E-state index is 0.696. The van der Waals surface area contributed by atoms with Crippen molar-refractivity contribution < 1.29 is 4.52 Å². The molecule has 0 aliphatic carbocycles. The number of hydrogen-bond acceptors (Lipinski definition) is 4. The molecule has 0 unspecified atom stereocenters. The first kappa shape index (κ1) is 12.7. The fraction of sp³-hybridized carbons (Fsp3) is 0.538. The predicted octanol–water partition coefficient (Wildman–Crippen LogP) is 2.82. The van der Waals surface area contributed by atoms with E-state index in [0.717, 1.165) is 41.6 Å². The fourth-order valence-electron chi connectivity index (χ4n) is 2.02. The average Bonchev–Trinajstić information content (AvgIpc) is 2.82. The van der Waals surface area contributed by atoms with E-state index in [1.807, 2.05) is 20.8 Å². The van der Waals surface area contributed by atoms with Crippen molar-refractivity contribution in [2.75, 3.05) is 5.32 Å². The highest BCUT2D eigenvalue weighted by Gasteiger charge is 2.10. The molecule has 98 valence electrons. The maximum absolute atomic E-state index is 5.15. The highest BCUT2D eigenvalue weighted by atomic mass is 16.5. The summed E-state index contributed by atoms with van der Waals surface area (Å²) >= 11 is 0. The molecule has 2 aromatic heterocycles. The van der Waals surface area contributed by atoms with Gasteiger partial charge >= 0.3 is 0 Å². The highest BCUT2D eigenvalue weighted by molar-refractivity contribution is 5.32. The number of imidazole rings is 1. The second-order valence-corrected chi connectivity index (χ2v) is 4.56. The van der Waals surface area contributed by atoms with Crippen LogP contribution in [0, 0.1) is 20.8 Å². The number of nitrogens with zero attached hydrogens (tertiary/aromatic N) is 3. The largest absolute Gasteiger partial charge is 0.361 e. The van der Waals surface area contributed by atoms with Crippen molar-refractivity contribution in [2.24, 2.45) is 0 Å². The van der Waals surface area contributed by atoms with Gasteiger partial charge in [0, 0.05) is 24.8 Å². The van der Waals surface area contributed by atoms with Crippen molar-refractivity contribution >= 4 is 5.95 Å². The Kier molecular flexibility index (Phi) is 3.69. The molecule has 0 fully saturated rings. The van der Waals surface area contributed by atoms with Crippen LogP contribution in [0.4, 0.5) is 5.95 Å². The summed E-state index contributed by atoms with van der Waals surface area (Å²) < 4.78 is 7.30. The molecule has 2 heterocycles. The van der Waals surface area contributed by atoms with Crippen molar-refractivity contribution in [1.29, 1.82) is 0 Å². The van der Waals surface area contributed by atoms with Gasteiger partial charge in [0.1, 0.15) is 5.76 Å². The lowest BCUT2D eigenvalue weighted by Gasteiger charge is -2.08. The van der Waals surface area contributed by atoms with Crippen LogP contribution in [-0.2, 0) is 13.1 Å². The molecule has 0 aromatic carbocycles. The van der Waals surface area contributed by atoms with E-state index in [1.165, 1.54) is 0 Å². The number of aromatic nitrogens is 3. The van der Waals surface area contributed by atoms with Crippen molar-refractivity contribution in [3.8, 4) is 0 Å². The second-order valence-electron chi connectivity index (χ2n) is 4.56. The second kappa shape index (κ2) is 5.25. The molecule has 0 radical (unpaired) electrons. The Labute approximate surface area is 107 Å². The molecule has 5 heteroatoms. The smallest absolute Gasteiger partial charge is 0.203 e. The lowest BCUT2D eigenvalue weighted by molar-refractivity contribution is 0.392. The van der Waals surface area contributed by atoms with E-state index in [4.69, 9.17) is 4.52 Å². The molecule has 18 heavy (non-hydrogen) atoms. The minimum atomic E-state index is 0.696. The highest BCUT2D eigenvalue weighted by Crippen LogP contribution is 2.15. The van der Waals surface area contributed by atoms with E-state index in [1.54, 1.807) is 0 Å². The van der Waals surface area contributed by atoms with Gasteiger partial charge in [-0.25, -0.2) is 4.98 Å². The summed E-state index contributed by atoms with van der Waals surface area (Å²) in [6.07, 6.45) is 3.16. The molecule has 5 nitrogen and oxygen atoms in total. The van der Waals surface area contributed by atoms with Gasteiger partial charge in [-0.2, -0.15) is 0 Å². The van der Waals surface area contributed by atoms with Gasteiger partial charge in [-0.15, -0.1) is 0 Å². The summed E-state index contributed by atoms with van der Waals surface area (Å²) in [6.45, 7) is 9.73. The van der Waals surface area contributed by atoms with E-state index in [-0.39, 0.29) is 0 Å². The number of rotatable bonds is 5. The molecule has 0 aliphatic heterocycles. The Morgan fingerprint density at radius 1 is 1.33 bits per heavy atom. The molecular formula is C13H20N4O. The van der Waals surface area contributed by atoms with Crippen LogP contribution < -0.4 is 5.32 Å². The van der Waals surface area contributed by atoms with Crippen LogP contribution >= 0.6 is 0 Å². The molecule has 1 N–H and O–H groups in total. The average molecular weight is 248 g/mol. The number of nitrogens with one attached hydrogen (secondary N) is 1. The lowest BCUT2D eigenvalue weighted by atomic mass is 10.2. The molecule has 0 aliphatic rings. The Morgan fingerprint density at radius 3 is 2.72 bits per heavy atom. The quantitative estimate of drug-likeness (QED) is 0.884. The van der Waals surface area contributed by atoms with Crippen molar-refractivity contribution in [1.82, 2.24) is 14.7 Å². The van der Waals surface area contributed by atoms with E-state index in [0.29, 0.717) is 6.54 Å². The van der Waals surface area contributed by atoms with E-state index >= 15 is 0 Å². The molecule has 2 aromatic rings. The van der Waals surface area contributed by atoms with Crippen LogP contribution in [0.15, 0.2) is 10.7 Å². The standard InChI is InChI=1S/C13H20N4O/c1-5-6-17-8-9(2)15-13(17)14-7-12-10(3)16-18-11(12)4/h8H,5-7H2,1-4H3,(H,14,15). The summed E-state index contributed by atoms with van der Waals surface area (Å²) in [5, 5.41) is 7.31. The molecule has 0 saturated carbocycles. The molecular weight excluding hydrogens is 228 g/mol. The number of aryl methyl sites for hydroxylation is 4. The zero-order valence-corrected chi connectivity index (χ0v) is 11.4. The first-order valence-electron chi connectivity index (χ1n) is 6.31. The minimum Gasteiger partial charge on any atom is -0.361 e. The molecule has 0 amide bonds. The monoisotopic (exact) mass is 248 g/mol. The molecule has 2 rings (SSSR count). The van der Waals surface area contributed by atoms with E-state index in [2.05, 4.69) is 33.1 Å². The molecule has 0 bridgehead atoms. The molecule has 0 saturated heterocycles. The maximum Gasteiger partial charge on any atom is 0.203 e. The topological polar surface area (TPSA) is 55.9 Å². The third-order valence-electron chi connectivity index (χ3n) is 2.97.